The quantitative estimate of drug-likeness (QED) is 0.751. The Hall–Kier alpha value is -0.0800. The van der Waals surface area contributed by atoms with Crippen LogP contribution in [0.1, 0.15) is 51.9 Å². The zero-order chi connectivity index (χ0) is 10.7. The number of aliphatic hydroxyl groups excluding tert-OH is 1. The molecule has 0 aliphatic heterocycles. The topological polar surface area (TPSA) is 32.3 Å². The molecular formula is C13H25NO. The van der Waals surface area contributed by atoms with Gasteiger partial charge in [-0.05, 0) is 50.5 Å². The summed E-state index contributed by atoms with van der Waals surface area (Å²) < 4.78 is 0. The third-order valence-corrected chi connectivity index (χ3v) is 4.19. The van der Waals surface area contributed by atoms with Crippen LogP contribution in [-0.4, -0.2) is 23.8 Å². The summed E-state index contributed by atoms with van der Waals surface area (Å²) in [5.41, 5.74) is 0. The molecule has 0 aromatic heterocycles. The highest BCUT2D eigenvalue weighted by atomic mass is 16.3. The van der Waals surface area contributed by atoms with Gasteiger partial charge in [0.1, 0.15) is 0 Å². The maximum absolute atomic E-state index is 9.71. The van der Waals surface area contributed by atoms with Gasteiger partial charge in [0, 0.05) is 6.04 Å². The van der Waals surface area contributed by atoms with Crippen molar-refractivity contribution in [2.75, 3.05) is 6.54 Å². The Morgan fingerprint density at radius 1 is 1.13 bits per heavy atom. The predicted molar refractivity (Wildman–Crippen MR) is 62.8 cm³/mol. The Kier molecular flexibility index (Phi) is 4.04. The van der Waals surface area contributed by atoms with E-state index in [0.717, 1.165) is 24.8 Å². The molecule has 2 nitrogen and oxygen atoms in total. The second kappa shape index (κ2) is 5.31. The summed E-state index contributed by atoms with van der Waals surface area (Å²) in [6.07, 6.45) is 8.88. The molecule has 0 spiro atoms. The average molecular weight is 211 g/mol. The predicted octanol–water partition coefficient (Wildman–Crippen LogP) is 2.32. The molecule has 2 aliphatic rings. The Labute approximate surface area is 93.5 Å². The zero-order valence-electron chi connectivity index (χ0n) is 9.91. The molecule has 2 rings (SSSR count). The first kappa shape index (κ1) is 11.4. The number of rotatable bonds is 3. The van der Waals surface area contributed by atoms with E-state index in [-0.39, 0.29) is 6.10 Å². The summed E-state index contributed by atoms with van der Waals surface area (Å²) in [7, 11) is 0. The van der Waals surface area contributed by atoms with Gasteiger partial charge in [0.05, 0.1) is 6.10 Å². The van der Waals surface area contributed by atoms with Crippen LogP contribution in [0.2, 0.25) is 0 Å². The van der Waals surface area contributed by atoms with Crippen molar-refractivity contribution < 1.29 is 5.11 Å². The van der Waals surface area contributed by atoms with Gasteiger partial charge < -0.3 is 10.4 Å². The van der Waals surface area contributed by atoms with Crippen molar-refractivity contribution in [2.24, 2.45) is 11.8 Å². The van der Waals surface area contributed by atoms with Gasteiger partial charge in [0.2, 0.25) is 0 Å². The van der Waals surface area contributed by atoms with E-state index in [4.69, 9.17) is 0 Å². The van der Waals surface area contributed by atoms with E-state index in [9.17, 15) is 5.11 Å². The molecule has 15 heavy (non-hydrogen) atoms. The summed E-state index contributed by atoms with van der Waals surface area (Å²) in [6, 6.07) is 0.391. The molecule has 88 valence electrons. The largest absolute Gasteiger partial charge is 0.392 e. The van der Waals surface area contributed by atoms with Crippen molar-refractivity contribution in [3.8, 4) is 0 Å². The van der Waals surface area contributed by atoms with Gasteiger partial charge in [0.25, 0.3) is 0 Å². The van der Waals surface area contributed by atoms with E-state index in [1.54, 1.807) is 0 Å². The van der Waals surface area contributed by atoms with Crippen LogP contribution in [0.25, 0.3) is 0 Å². The Morgan fingerprint density at radius 2 is 1.93 bits per heavy atom. The fraction of sp³-hybridized carbons (Fsp3) is 1.00. The lowest BCUT2D eigenvalue weighted by molar-refractivity contribution is 0.143. The summed E-state index contributed by atoms with van der Waals surface area (Å²) >= 11 is 0. The van der Waals surface area contributed by atoms with Gasteiger partial charge in [-0.2, -0.15) is 0 Å². The molecule has 0 bridgehead atoms. The van der Waals surface area contributed by atoms with Crippen LogP contribution in [0.5, 0.6) is 0 Å². The zero-order valence-corrected chi connectivity index (χ0v) is 9.91. The number of hydrogen-bond donors (Lipinski definition) is 2. The number of hydrogen-bond acceptors (Lipinski definition) is 2. The Bertz CT molecular complexity index is 195. The van der Waals surface area contributed by atoms with Crippen LogP contribution in [-0.2, 0) is 0 Å². The molecule has 0 amide bonds. The lowest BCUT2D eigenvalue weighted by Gasteiger charge is -2.28. The first-order valence-electron chi connectivity index (χ1n) is 6.67. The molecule has 4 atom stereocenters. The maximum Gasteiger partial charge on any atom is 0.0693 e. The van der Waals surface area contributed by atoms with Gasteiger partial charge in [-0.25, -0.2) is 0 Å². The van der Waals surface area contributed by atoms with Crippen molar-refractivity contribution in [1.29, 1.82) is 0 Å². The second-order valence-corrected chi connectivity index (χ2v) is 5.65. The van der Waals surface area contributed by atoms with Crippen LogP contribution in [0.4, 0.5) is 0 Å². The molecule has 2 aliphatic carbocycles. The average Bonchev–Trinajstić information content (AvgIpc) is 2.61. The highest BCUT2D eigenvalue weighted by molar-refractivity contribution is 4.84. The number of nitrogens with one attached hydrogen (secondary N) is 1. The van der Waals surface area contributed by atoms with Gasteiger partial charge >= 0.3 is 0 Å². The summed E-state index contributed by atoms with van der Waals surface area (Å²) in [4.78, 5) is 0. The fourth-order valence-corrected chi connectivity index (χ4v) is 3.24. The normalized spacial score (nSPS) is 42.0. The van der Waals surface area contributed by atoms with E-state index in [1.165, 1.54) is 38.5 Å². The Balaban J connectivity index is 1.68. The van der Waals surface area contributed by atoms with E-state index in [1.807, 2.05) is 0 Å². The lowest BCUT2D eigenvalue weighted by Crippen LogP contribution is -2.39. The van der Waals surface area contributed by atoms with Crippen LogP contribution in [0.15, 0.2) is 0 Å². The lowest BCUT2D eigenvalue weighted by atomic mass is 9.82. The molecule has 2 fully saturated rings. The molecule has 0 radical (unpaired) electrons. The van der Waals surface area contributed by atoms with Crippen LogP contribution in [0.3, 0.4) is 0 Å². The van der Waals surface area contributed by atoms with Crippen LogP contribution < -0.4 is 5.32 Å². The monoisotopic (exact) mass is 211 g/mol. The van der Waals surface area contributed by atoms with Crippen molar-refractivity contribution in [3.05, 3.63) is 0 Å². The minimum absolute atomic E-state index is 0.0778. The van der Waals surface area contributed by atoms with Crippen LogP contribution >= 0.6 is 0 Å². The van der Waals surface area contributed by atoms with Crippen molar-refractivity contribution in [1.82, 2.24) is 5.32 Å². The van der Waals surface area contributed by atoms with Crippen LogP contribution in [0, 0.1) is 11.8 Å². The Morgan fingerprint density at radius 3 is 2.60 bits per heavy atom. The maximum atomic E-state index is 9.71. The molecule has 0 aromatic rings. The molecule has 0 saturated heterocycles. The third kappa shape index (κ3) is 3.18. The van der Waals surface area contributed by atoms with Gasteiger partial charge in [-0.15, -0.1) is 0 Å². The summed E-state index contributed by atoms with van der Waals surface area (Å²) in [5.74, 6) is 1.78. The minimum atomic E-state index is -0.0778. The molecule has 2 saturated carbocycles. The van der Waals surface area contributed by atoms with E-state index in [0.29, 0.717) is 6.04 Å². The van der Waals surface area contributed by atoms with Crippen molar-refractivity contribution >= 4 is 0 Å². The highest BCUT2D eigenvalue weighted by Crippen LogP contribution is 2.28. The minimum Gasteiger partial charge on any atom is -0.392 e. The first-order valence-corrected chi connectivity index (χ1v) is 6.67. The highest BCUT2D eigenvalue weighted by Gasteiger charge is 2.26. The van der Waals surface area contributed by atoms with Crippen molar-refractivity contribution in [3.63, 3.8) is 0 Å². The smallest absolute Gasteiger partial charge is 0.0693 e. The molecule has 2 N–H and O–H groups in total. The van der Waals surface area contributed by atoms with Gasteiger partial charge in [0.15, 0.2) is 0 Å². The SMILES string of the molecule is CC1CCCC(CN[C@@H]2CCC[C@H]2O)C1. The molecular weight excluding hydrogens is 186 g/mol. The van der Waals surface area contributed by atoms with Gasteiger partial charge in [-0.3, -0.25) is 0 Å². The second-order valence-electron chi connectivity index (χ2n) is 5.65. The summed E-state index contributed by atoms with van der Waals surface area (Å²) in [6.45, 7) is 3.50. The first-order chi connectivity index (χ1) is 7.25. The number of aliphatic hydroxyl groups is 1. The third-order valence-electron chi connectivity index (χ3n) is 4.19. The van der Waals surface area contributed by atoms with E-state index >= 15 is 0 Å². The van der Waals surface area contributed by atoms with E-state index < -0.39 is 0 Å². The standard InChI is InChI=1S/C13H25NO/c1-10-4-2-5-11(8-10)9-14-12-6-3-7-13(12)15/h10-15H,2-9H2,1H3/t10?,11?,12-,13-/m1/s1. The molecule has 0 aromatic carbocycles. The summed E-state index contributed by atoms with van der Waals surface area (Å²) in [5, 5.41) is 13.3. The molecule has 0 heterocycles. The van der Waals surface area contributed by atoms with E-state index in [2.05, 4.69) is 12.2 Å². The fourth-order valence-electron chi connectivity index (χ4n) is 3.24. The van der Waals surface area contributed by atoms with Gasteiger partial charge in [-0.1, -0.05) is 19.8 Å². The van der Waals surface area contributed by atoms with Crippen molar-refractivity contribution in [2.45, 2.75) is 64.0 Å². The molecule has 2 heteroatoms. The molecule has 2 unspecified atom stereocenters.